The Hall–Kier alpha value is -2.85. The van der Waals surface area contributed by atoms with Crippen LogP contribution in [0.25, 0.3) is 0 Å². The number of nitrogens with zero attached hydrogens (tertiary/aromatic N) is 1. The first-order valence-corrected chi connectivity index (χ1v) is 11.5. The predicted molar refractivity (Wildman–Crippen MR) is 123 cm³/mol. The standard InChI is InChI=1S/C21H19Cl2N3O5S/c1-30-10-11-31-21-18(6-3-9-24-21)25-20(27)14-4-2-5-16(12-14)26-32(28,29)19-13-15(22)7-8-17(19)23/h2-9,12-13,26H,10-11H2,1H3,(H,25,27). The van der Waals surface area contributed by atoms with Gasteiger partial charge in [-0.15, -0.1) is 0 Å². The second-order valence-electron chi connectivity index (χ2n) is 6.41. The van der Waals surface area contributed by atoms with Crippen molar-refractivity contribution in [2.75, 3.05) is 30.4 Å². The van der Waals surface area contributed by atoms with Crippen molar-refractivity contribution in [2.45, 2.75) is 4.90 Å². The Bertz CT molecular complexity index is 1220. The lowest BCUT2D eigenvalue weighted by Crippen LogP contribution is -2.16. The quantitative estimate of drug-likeness (QED) is 0.424. The Morgan fingerprint density at radius 2 is 1.88 bits per heavy atom. The smallest absolute Gasteiger partial charge is 0.263 e. The first-order chi connectivity index (χ1) is 15.3. The first-order valence-electron chi connectivity index (χ1n) is 9.26. The molecule has 1 aromatic heterocycles. The number of hydrogen-bond acceptors (Lipinski definition) is 6. The molecule has 32 heavy (non-hydrogen) atoms. The van der Waals surface area contributed by atoms with Crippen molar-refractivity contribution in [3.8, 4) is 5.88 Å². The van der Waals surface area contributed by atoms with Crippen LogP contribution in [0.5, 0.6) is 5.88 Å². The van der Waals surface area contributed by atoms with E-state index < -0.39 is 15.9 Å². The molecule has 0 aliphatic carbocycles. The lowest BCUT2D eigenvalue weighted by atomic mass is 10.2. The molecular weight excluding hydrogens is 477 g/mol. The van der Waals surface area contributed by atoms with Crippen LogP contribution in [0.1, 0.15) is 10.4 Å². The highest BCUT2D eigenvalue weighted by molar-refractivity contribution is 7.92. The fourth-order valence-electron chi connectivity index (χ4n) is 2.63. The van der Waals surface area contributed by atoms with Crippen molar-refractivity contribution in [3.63, 3.8) is 0 Å². The first kappa shape index (κ1) is 23.8. The van der Waals surface area contributed by atoms with E-state index in [2.05, 4.69) is 15.0 Å². The molecule has 0 aliphatic heterocycles. The molecule has 3 rings (SSSR count). The van der Waals surface area contributed by atoms with E-state index in [1.807, 2.05) is 0 Å². The molecule has 0 unspecified atom stereocenters. The number of pyridine rings is 1. The van der Waals surface area contributed by atoms with E-state index in [-0.39, 0.29) is 38.7 Å². The van der Waals surface area contributed by atoms with E-state index in [4.69, 9.17) is 32.7 Å². The average molecular weight is 496 g/mol. The zero-order chi connectivity index (χ0) is 23.1. The highest BCUT2D eigenvalue weighted by Crippen LogP contribution is 2.27. The zero-order valence-corrected chi connectivity index (χ0v) is 19.2. The third-order valence-corrected chi connectivity index (χ3v) is 6.20. The van der Waals surface area contributed by atoms with Gasteiger partial charge in [0.15, 0.2) is 0 Å². The van der Waals surface area contributed by atoms with E-state index >= 15 is 0 Å². The number of sulfonamides is 1. The molecule has 2 N–H and O–H groups in total. The van der Waals surface area contributed by atoms with Gasteiger partial charge in [0.2, 0.25) is 5.88 Å². The summed E-state index contributed by atoms with van der Waals surface area (Å²) < 4.78 is 38.3. The summed E-state index contributed by atoms with van der Waals surface area (Å²) in [7, 11) is -2.48. The number of hydrogen-bond donors (Lipinski definition) is 2. The summed E-state index contributed by atoms with van der Waals surface area (Å²) in [5.41, 5.74) is 0.760. The number of nitrogens with one attached hydrogen (secondary N) is 2. The number of carbonyl (C=O) groups is 1. The van der Waals surface area contributed by atoms with Crippen LogP contribution in [0.15, 0.2) is 65.7 Å². The Balaban J connectivity index is 1.78. The van der Waals surface area contributed by atoms with Crippen molar-refractivity contribution >= 4 is 50.5 Å². The fourth-order valence-corrected chi connectivity index (χ4v) is 4.45. The van der Waals surface area contributed by atoms with Crippen LogP contribution >= 0.6 is 23.2 Å². The summed E-state index contributed by atoms with van der Waals surface area (Å²) >= 11 is 11.9. The Morgan fingerprint density at radius 3 is 2.66 bits per heavy atom. The van der Waals surface area contributed by atoms with Gasteiger partial charge in [-0.05, 0) is 48.5 Å². The number of halogens is 2. The lowest BCUT2D eigenvalue weighted by molar-refractivity contribution is 0.102. The average Bonchev–Trinajstić information content (AvgIpc) is 2.76. The second kappa shape index (κ2) is 10.6. The van der Waals surface area contributed by atoms with Crippen LogP contribution in [0.4, 0.5) is 11.4 Å². The largest absolute Gasteiger partial charge is 0.474 e. The minimum atomic E-state index is -4.03. The monoisotopic (exact) mass is 495 g/mol. The molecule has 8 nitrogen and oxygen atoms in total. The number of methoxy groups -OCH3 is 1. The SMILES string of the molecule is COCCOc1ncccc1NC(=O)c1cccc(NS(=O)(=O)c2cc(Cl)ccc2Cl)c1. The number of benzene rings is 2. The summed E-state index contributed by atoms with van der Waals surface area (Å²) in [5.74, 6) is -0.234. The molecule has 11 heteroatoms. The van der Waals surface area contributed by atoms with E-state index in [1.54, 1.807) is 31.4 Å². The molecular formula is C21H19Cl2N3O5S. The van der Waals surface area contributed by atoms with Crippen molar-refractivity contribution in [3.05, 3.63) is 76.4 Å². The third-order valence-electron chi connectivity index (χ3n) is 4.11. The van der Waals surface area contributed by atoms with E-state index in [9.17, 15) is 13.2 Å². The van der Waals surface area contributed by atoms with Crippen LogP contribution in [0.2, 0.25) is 10.0 Å². The van der Waals surface area contributed by atoms with Gasteiger partial charge >= 0.3 is 0 Å². The lowest BCUT2D eigenvalue weighted by Gasteiger charge is -2.13. The molecule has 0 saturated carbocycles. The van der Waals surface area contributed by atoms with E-state index in [0.29, 0.717) is 12.3 Å². The molecule has 1 amide bonds. The van der Waals surface area contributed by atoms with Crippen LogP contribution in [0, 0.1) is 0 Å². The zero-order valence-electron chi connectivity index (χ0n) is 16.8. The van der Waals surface area contributed by atoms with Crippen molar-refractivity contribution < 1.29 is 22.7 Å². The van der Waals surface area contributed by atoms with Crippen LogP contribution in [0.3, 0.4) is 0 Å². The Kier molecular flexibility index (Phi) is 7.92. The molecule has 3 aromatic rings. The highest BCUT2D eigenvalue weighted by Gasteiger charge is 2.19. The molecule has 0 atom stereocenters. The van der Waals surface area contributed by atoms with Crippen LogP contribution < -0.4 is 14.8 Å². The van der Waals surface area contributed by atoms with Crippen LogP contribution in [-0.2, 0) is 14.8 Å². The summed E-state index contributed by atoms with van der Waals surface area (Å²) in [4.78, 5) is 16.7. The summed E-state index contributed by atoms with van der Waals surface area (Å²) in [6, 6.07) is 13.4. The molecule has 0 spiro atoms. The highest BCUT2D eigenvalue weighted by atomic mass is 35.5. The maximum absolute atomic E-state index is 12.7. The minimum absolute atomic E-state index is 0.0216. The van der Waals surface area contributed by atoms with E-state index in [0.717, 1.165) is 0 Å². The van der Waals surface area contributed by atoms with Crippen molar-refractivity contribution in [1.29, 1.82) is 0 Å². The summed E-state index contributed by atoms with van der Waals surface area (Å²) in [5, 5.41) is 2.96. The van der Waals surface area contributed by atoms with Gasteiger partial charge in [-0.3, -0.25) is 9.52 Å². The van der Waals surface area contributed by atoms with Gasteiger partial charge in [-0.25, -0.2) is 13.4 Å². The number of rotatable bonds is 9. The number of aromatic nitrogens is 1. The number of carbonyl (C=O) groups excluding carboxylic acids is 1. The Morgan fingerprint density at radius 1 is 1.06 bits per heavy atom. The predicted octanol–water partition coefficient (Wildman–Crippen LogP) is 4.47. The molecule has 168 valence electrons. The van der Waals surface area contributed by atoms with Crippen LogP contribution in [-0.4, -0.2) is 39.6 Å². The molecule has 0 fully saturated rings. The minimum Gasteiger partial charge on any atom is -0.474 e. The maximum Gasteiger partial charge on any atom is 0.263 e. The van der Waals surface area contributed by atoms with Gasteiger partial charge in [0.05, 0.1) is 11.6 Å². The van der Waals surface area contributed by atoms with Gasteiger partial charge < -0.3 is 14.8 Å². The van der Waals surface area contributed by atoms with Crippen molar-refractivity contribution in [1.82, 2.24) is 4.98 Å². The summed E-state index contributed by atoms with van der Waals surface area (Å²) in [6.07, 6.45) is 1.54. The molecule has 0 bridgehead atoms. The molecule has 0 saturated heterocycles. The fraction of sp³-hybridized carbons (Fsp3) is 0.143. The molecule has 0 radical (unpaired) electrons. The second-order valence-corrected chi connectivity index (χ2v) is 8.91. The number of amides is 1. The van der Waals surface area contributed by atoms with Gasteiger partial charge in [-0.2, -0.15) is 0 Å². The number of ether oxygens (including phenoxy) is 2. The van der Waals surface area contributed by atoms with Gasteiger partial charge in [0.1, 0.15) is 17.2 Å². The topological polar surface area (TPSA) is 107 Å². The van der Waals surface area contributed by atoms with Gasteiger partial charge in [0, 0.05) is 29.6 Å². The number of anilines is 2. The van der Waals surface area contributed by atoms with Gasteiger partial charge in [0.25, 0.3) is 15.9 Å². The maximum atomic E-state index is 12.7. The molecule has 0 aliphatic rings. The normalized spacial score (nSPS) is 11.1. The molecule has 1 heterocycles. The third kappa shape index (κ3) is 6.10. The summed E-state index contributed by atoms with van der Waals surface area (Å²) in [6.45, 7) is 0.627. The van der Waals surface area contributed by atoms with Gasteiger partial charge in [-0.1, -0.05) is 29.3 Å². The molecule has 2 aromatic carbocycles. The van der Waals surface area contributed by atoms with Crippen molar-refractivity contribution in [2.24, 2.45) is 0 Å². The van der Waals surface area contributed by atoms with E-state index in [1.165, 1.54) is 36.5 Å². The Labute approximate surface area is 195 Å².